The molecule has 32 heavy (non-hydrogen) atoms. The quantitative estimate of drug-likeness (QED) is 0.489. The molecule has 0 amide bonds. The first kappa shape index (κ1) is 26.5. The molecule has 0 unspecified atom stereocenters. The first-order valence-corrected chi connectivity index (χ1v) is 11.2. The van der Waals surface area contributed by atoms with Crippen LogP contribution in [0, 0.1) is 20.8 Å². The van der Waals surface area contributed by atoms with Gasteiger partial charge in [0.1, 0.15) is 0 Å². The molecule has 6 nitrogen and oxygen atoms in total. The smallest absolute Gasteiger partial charge is 0.422 e. The van der Waals surface area contributed by atoms with Gasteiger partial charge in [-0.1, -0.05) is 62.3 Å². The van der Waals surface area contributed by atoms with Crippen molar-refractivity contribution in [2.45, 2.75) is 99.3 Å². The van der Waals surface area contributed by atoms with Crippen molar-refractivity contribution in [1.82, 2.24) is 29.1 Å². The van der Waals surface area contributed by atoms with Crippen molar-refractivity contribution in [1.29, 1.82) is 0 Å². The van der Waals surface area contributed by atoms with E-state index in [-0.39, 0.29) is 40.4 Å². The molecule has 179 valence electrons. The molecule has 0 aromatic carbocycles. The molecule has 3 heterocycles. The summed E-state index contributed by atoms with van der Waals surface area (Å²) >= 11 is 0. The summed E-state index contributed by atoms with van der Waals surface area (Å²) in [4.78, 5) is 0. The molecule has 0 aliphatic heterocycles. The van der Waals surface area contributed by atoms with Crippen molar-refractivity contribution >= 4 is 7.12 Å². The molecule has 0 fully saturated rings. The monoisotopic (exact) mass is 485 g/mol. The Morgan fingerprint density at radius 3 is 0.906 bits per heavy atom. The number of hydrogen-bond donors (Lipinski definition) is 0. The van der Waals surface area contributed by atoms with Crippen LogP contribution in [-0.2, 0) is 33.3 Å². The Morgan fingerprint density at radius 2 is 0.750 bits per heavy atom. The van der Waals surface area contributed by atoms with E-state index in [0.29, 0.717) is 0 Å². The molecule has 0 saturated heterocycles. The van der Waals surface area contributed by atoms with Gasteiger partial charge in [0.15, 0.2) is 0 Å². The van der Waals surface area contributed by atoms with Crippen LogP contribution in [0.3, 0.4) is 0 Å². The first-order chi connectivity index (χ1) is 14.0. The molecule has 0 spiro atoms. The van der Waals surface area contributed by atoms with Gasteiger partial charge < -0.3 is 13.8 Å². The Kier molecular flexibility index (Phi) is 7.06. The third-order valence-electron chi connectivity index (χ3n) is 5.73. The zero-order valence-electron chi connectivity index (χ0n) is 21.8. The van der Waals surface area contributed by atoms with E-state index in [0.717, 1.165) is 34.2 Å². The minimum atomic E-state index is -0.303. The predicted octanol–water partition coefficient (Wildman–Crippen LogP) is 5.02. The van der Waals surface area contributed by atoms with E-state index < -0.39 is 0 Å². The fraction of sp³-hybridized carbons (Fsp3) is 0.625. The molecule has 8 heteroatoms. The van der Waals surface area contributed by atoms with E-state index in [2.05, 4.69) is 115 Å². The normalized spacial score (nSPS) is 13.0. The van der Waals surface area contributed by atoms with Gasteiger partial charge in [0, 0.05) is 16.2 Å². The van der Waals surface area contributed by atoms with Gasteiger partial charge in [0.05, 0.1) is 17.1 Å². The minimum Gasteiger partial charge on any atom is -0.422 e. The van der Waals surface area contributed by atoms with Gasteiger partial charge in [-0.05, 0) is 56.1 Å². The molecule has 0 atom stereocenters. The van der Waals surface area contributed by atoms with Gasteiger partial charge >= 0.3 is 17.1 Å². The zero-order valence-corrected chi connectivity index (χ0v) is 22.7. The van der Waals surface area contributed by atoms with Gasteiger partial charge in [-0.3, -0.25) is 0 Å². The SMILES string of the molecule is Cc1cc(C(C)(C)C)nn1[B-](n1nc(C(C)(C)C)cc1C)n1nc(C(C)(C)C)cc1C.[Cu+]. The topological polar surface area (TPSA) is 53.5 Å². The van der Waals surface area contributed by atoms with Crippen molar-refractivity contribution in [3.05, 3.63) is 52.4 Å². The molecular weight excluding hydrogens is 447 g/mol. The van der Waals surface area contributed by atoms with Gasteiger partial charge in [-0.15, -0.1) is 0 Å². The largest absolute Gasteiger partial charge is 1.00 e. The fourth-order valence-corrected chi connectivity index (χ4v) is 3.58. The van der Waals surface area contributed by atoms with Gasteiger partial charge in [0.25, 0.3) is 7.12 Å². The molecule has 0 saturated carbocycles. The number of hydrogen-bond acceptors (Lipinski definition) is 3. The van der Waals surface area contributed by atoms with Crippen molar-refractivity contribution in [2.75, 3.05) is 0 Å². The van der Waals surface area contributed by atoms with Crippen LogP contribution in [0.1, 0.15) is 96.5 Å². The summed E-state index contributed by atoms with van der Waals surface area (Å²) in [5, 5.41) is 15.2. The van der Waals surface area contributed by atoms with E-state index >= 15 is 0 Å². The molecule has 1 radical (unpaired) electrons. The third-order valence-corrected chi connectivity index (χ3v) is 5.73. The van der Waals surface area contributed by atoms with Crippen LogP contribution in [0.4, 0.5) is 0 Å². The van der Waals surface area contributed by atoms with Crippen LogP contribution in [0.5, 0.6) is 0 Å². The second-order valence-electron chi connectivity index (χ2n) is 11.9. The average Bonchev–Trinajstić information content (AvgIpc) is 3.26. The van der Waals surface area contributed by atoms with Crippen LogP contribution < -0.4 is 0 Å². The maximum absolute atomic E-state index is 5.05. The van der Waals surface area contributed by atoms with Crippen LogP contribution in [0.2, 0.25) is 0 Å². The average molecular weight is 486 g/mol. The third kappa shape index (κ3) is 5.07. The van der Waals surface area contributed by atoms with Crippen LogP contribution in [-0.4, -0.2) is 36.2 Å². The number of aryl methyl sites for hydroxylation is 3. The maximum atomic E-state index is 5.05. The van der Waals surface area contributed by atoms with Crippen LogP contribution in [0.25, 0.3) is 0 Å². The molecule has 3 aromatic rings. The molecule has 3 aromatic heterocycles. The zero-order chi connectivity index (χ0) is 23.5. The summed E-state index contributed by atoms with van der Waals surface area (Å²) in [6, 6.07) is 6.54. The Hall–Kier alpha value is -1.79. The molecule has 0 bridgehead atoms. The molecular formula is C24H39BCuN6. The Bertz CT molecular complexity index is 947. The maximum Gasteiger partial charge on any atom is 1.00 e. The van der Waals surface area contributed by atoms with E-state index in [4.69, 9.17) is 15.3 Å². The Morgan fingerprint density at radius 1 is 0.531 bits per heavy atom. The predicted molar refractivity (Wildman–Crippen MR) is 129 cm³/mol. The number of aromatic nitrogens is 6. The van der Waals surface area contributed by atoms with E-state index in [1.54, 1.807) is 0 Å². The molecule has 0 N–H and O–H groups in total. The minimum absolute atomic E-state index is 0. The van der Waals surface area contributed by atoms with Gasteiger partial charge in [-0.2, -0.15) is 0 Å². The van der Waals surface area contributed by atoms with E-state index in [9.17, 15) is 0 Å². The van der Waals surface area contributed by atoms with Crippen molar-refractivity contribution in [3.8, 4) is 0 Å². The molecule has 0 aliphatic rings. The summed E-state index contributed by atoms with van der Waals surface area (Å²) in [6.45, 7) is 26.1. The van der Waals surface area contributed by atoms with Gasteiger partial charge in [0.2, 0.25) is 0 Å². The van der Waals surface area contributed by atoms with Gasteiger partial charge in [-0.25, -0.2) is 15.3 Å². The molecule has 0 aliphatic carbocycles. The second-order valence-corrected chi connectivity index (χ2v) is 11.9. The summed E-state index contributed by atoms with van der Waals surface area (Å²) in [5.41, 5.74) is 6.37. The summed E-state index contributed by atoms with van der Waals surface area (Å²) in [6.07, 6.45) is 0. The summed E-state index contributed by atoms with van der Waals surface area (Å²) < 4.78 is 6.21. The molecule has 3 rings (SSSR count). The van der Waals surface area contributed by atoms with Crippen molar-refractivity contribution in [2.24, 2.45) is 0 Å². The van der Waals surface area contributed by atoms with Crippen LogP contribution >= 0.6 is 0 Å². The van der Waals surface area contributed by atoms with E-state index in [1.807, 2.05) is 0 Å². The number of rotatable bonds is 3. The van der Waals surface area contributed by atoms with Crippen molar-refractivity contribution in [3.63, 3.8) is 0 Å². The standard InChI is InChI=1S/C24H39BN6.Cu/c1-16-13-19(22(4,5)6)26-29(16)25(30-17(2)14-20(27-30)23(7,8)9)31-18(3)15-21(28-31)24(10,11)12;/h13-15H,1-12H3;/q-1;+1. The Labute approximate surface area is 204 Å². The summed E-state index contributed by atoms with van der Waals surface area (Å²) in [5.74, 6) is 0. The second kappa shape index (κ2) is 8.53. The first-order valence-electron chi connectivity index (χ1n) is 11.2. The van der Waals surface area contributed by atoms with Crippen molar-refractivity contribution < 1.29 is 17.1 Å². The Balaban J connectivity index is 0.00000363. The fourth-order valence-electron chi connectivity index (χ4n) is 3.58. The summed E-state index contributed by atoms with van der Waals surface area (Å²) in [7, 11) is -0.303. The number of nitrogens with zero attached hydrogens (tertiary/aromatic N) is 6. The van der Waals surface area contributed by atoms with Crippen LogP contribution in [0.15, 0.2) is 18.2 Å². The van der Waals surface area contributed by atoms with E-state index in [1.165, 1.54) is 0 Å².